The molecule has 34 heavy (non-hydrogen) atoms. The smallest absolute Gasteiger partial charge is 0.198 e. The van der Waals surface area contributed by atoms with Crippen LogP contribution in [0, 0.1) is 0 Å². The molecule has 0 unspecified atom stereocenters. The predicted molar refractivity (Wildman–Crippen MR) is 133 cm³/mol. The second-order valence-corrected chi connectivity index (χ2v) is 7.61. The van der Waals surface area contributed by atoms with Crippen molar-refractivity contribution in [2.45, 2.75) is 0 Å². The number of anilines is 3. The van der Waals surface area contributed by atoms with Gasteiger partial charge in [-0.15, -0.1) is 0 Å². The zero-order valence-electron chi connectivity index (χ0n) is 19.4. The lowest BCUT2D eigenvalue weighted by Crippen LogP contribution is -2.00. The number of H-pyrrole nitrogens is 1. The highest BCUT2D eigenvalue weighted by Gasteiger charge is 2.13. The molecule has 0 bridgehead atoms. The lowest BCUT2D eigenvalue weighted by Gasteiger charge is -2.10. The maximum atomic E-state index is 5.96. The lowest BCUT2D eigenvalue weighted by molar-refractivity contribution is 0.417. The Hall–Kier alpha value is -4.67. The van der Waals surface area contributed by atoms with E-state index in [1.54, 1.807) is 42.0 Å². The lowest BCUT2D eigenvalue weighted by atomic mass is 10.1. The van der Waals surface area contributed by atoms with E-state index >= 15 is 0 Å². The quantitative estimate of drug-likeness (QED) is 0.297. The van der Waals surface area contributed by atoms with Crippen LogP contribution in [0.25, 0.3) is 33.3 Å². The fourth-order valence-electron chi connectivity index (χ4n) is 3.66. The van der Waals surface area contributed by atoms with E-state index < -0.39 is 0 Å². The van der Waals surface area contributed by atoms with E-state index in [0.717, 1.165) is 39.0 Å². The average Bonchev–Trinajstić information content (AvgIpc) is 3.55. The average molecular weight is 462 g/mol. The zero-order valence-corrected chi connectivity index (χ0v) is 19.4. The third-order valence-electron chi connectivity index (χ3n) is 5.34. The molecule has 11 nitrogen and oxygen atoms in total. The molecule has 0 saturated heterocycles. The first-order valence-electron chi connectivity index (χ1n) is 10.3. The molecule has 11 heteroatoms. The Bertz CT molecular complexity index is 1450. The van der Waals surface area contributed by atoms with Crippen molar-refractivity contribution >= 4 is 28.4 Å². The van der Waals surface area contributed by atoms with Crippen LogP contribution in [-0.2, 0) is 14.1 Å². The number of fused-ring (bicyclic) bond motifs is 1. The number of hydrogen-bond donors (Lipinski definition) is 4. The molecule has 0 atom stereocenters. The maximum Gasteiger partial charge on any atom is 0.198 e. The Morgan fingerprint density at radius 2 is 1.32 bits per heavy atom. The number of nitrogen functional groups attached to an aromatic ring is 3. The van der Waals surface area contributed by atoms with E-state index in [-0.39, 0.29) is 0 Å². The Morgan fingerprint density at radius 1 is 0.765 bits per heavy atom. The molecule has 0 aliphatic carbocycles. The third kappa shape index (κ3) is 4.18. The highest BCUT2D eigenvalue weighted by molar-refractivity contribution is 5.96. The van der Waals surface area contributed by atoms with E-state index in [2.05, 4.69) is 20.2 Å². The van der Waals surface area contributed by atoms with Crippen molar-refractivity contribution < 1.29 is 9.47 Å². The normalized spacial score (nSPS) is 10.7. The summed E-state index contributed by atoms with van der Waals surface area (Å²) in [6.07, 6.45) is 7.37. The van der Waals surface area contributed by atoms with Crippen LogP contribution >= 0.6 is 0 Å². The summed E-state index contributed by atoms with van der Waals surface area (Å²) in [6, 6.07) is 7.52. The molecule has 5 aromatic rings. The first kappa shape index (κ1) is 22.5. The number of nitrogens with zero attached hydrogens (tertiary/aromatic N) is 5. The number of nitrogens with two attached hydrogens (primary N) is 3. The number of benzene rings is 2. The Morgan fingerprint density at radius 3 is 1.88 bits per heavy atom. The van der Waals surface area contributed by atoms with Crippen molar-refractivity contribution in [1.29, 1.82) is 0 Å². The molecule has 0 aliphatic heterocycles. The largest absolute Gasteiger partial charge is 0.495 e. The summed E-state index contributed by atoms with van der Waals surface area (Å²) in [7, 11) is 6.92. The fraction of sp³-hybridized carbons (Fsp3) is 0.174. The van der Waals surface area contributed by atoms with Crippen LogP contribution in [0.4, 0.5) is 17.3 Å². The number of ether oxygens (including phenoxy) is 2. The zero-order chi connectivity index (χ0) is 24.4. The van der Waals surface area contributed by atoms with Crippen molar-refractivity contribution in [2.24, 2.45) is 14.1 Å². The molecular weight excluding hydrogens is 434 g/mol. The second-order valence-electron chi connectivity index (χ2n) is 7.61. The monoisotopic (exact) mass is 461 g/mol. The minimum absolute atomic E-state index is 0.375. The van der Waals surface area contributed by atoms with Gasteiger partial charge in [0.2, 0.25) is 0 Å². The highest BCUT2D eigenvalue weighted by Crippen LogP contribution is 2.36. The van der Waals surface area contributed by atoms with E-state index in [4.69, 9.17) is 26.7 Å². The number of aryl methyl sites for hydroxylation is 2. The van der Waals surface area contributed by atoms with Gasteiger partial charge in [-0.1, -0.05) is 0 Å². The molecule has 0 amide bonds. The summed E-state index contributed by atoms with van der Waals surface area (Å²) in [5, 5.41) is 8.26. The third-order valence-corrected chi connectivity index (χ3v) is 5.34. The van der Waals surface area contributed by atoms with Crippen LogP contribution < -0.4 is 26.7 Å². The summed E-state index contributed by atoms with van der Waals surface area (Å²) in [5.41, 5.74) is 23.9. The van der Waals surface area contributed by atoms with Gasteiger partial charge in [0, 0.05) is 48.7 Å². The molecule has 5 rings (SSSR count). The van der Waals surface area contributed by atoms with Gasteiger partial charge in [-0.2, -0.15) is 10.2 Å². The number of methoxy groups -OCH3 is 2. The molecule has 3 heterocycles. The van der Waals surface area contributed by atoms with Crippen molar-refractivity contribution in [1.82, 2.24) is 29.5 Å². The first-order chi connectivity index (χ1) is 16.3. The SMILES string of the molecule is COc1ccc(-c2cnn(C)c2)c(N)c1N.COc1ccc(-c2cnn(C)c2)c2nc(N)[nH]c12. The second kappa shape index (κ2) is 9.06. The number of nitrogens with one attached hydrogen (secondary N) is 1. The standard InChI is InChI=1S/C12H13N5O.C11H14N4O/c1-17-6-7(5-14-17)8-3-4-9(18-2)11-10(8)15-12(13)16-11;1-15-6-7(5-14-15)8-3-4-9(16-2)11(13)10(8)12/h3-6H,1-2H3,(H3,13,15,16);3-6H,12-13H2,1-2H3. The van der Waals surface area contributed by atoms with Gasteiger partial charge in [0.05, 0.1) is 38.0 Å². The molecule has 176 valence electrons. The summed E-state index contributed by atoms with van der Waals surface area (Å²) in [4.78, 5) is 7.32. The molecule has 0 spiro atoms. The van der Waals surface area contributed by atoms with Crippen molar-refractivity contribution in [3.63, 3.8) is 0 Å². The Balaban J connectivity index is 0.000000162. The summed E-state index contributed by atoms with van der Waals surface area (Å²) in [6.45, 7) is 0. The van der Waals surface area contributed by atoms with Gasteiger partial charge in [0.1, 0.15) is 22.5 Å². The van der Waals surface area contributed by atoms with Crippen molar-refractivity contribution in [3.05, 3.63) is 49.1 Å². The van der Waals surface area contributed by atoms with E-state index in [1.165, 1.54) is 0 Å². The van der Waals surface area contributed by atoms with Crippen molar-refractivity contribution in [3.8, 4) is 33.8 Å². The number of hydrogen-bond acceptors (Lipinski definition) is 8. The van der Waals surface area contributed by atoms with Crippen LogP contribution in [0.1, 0.15) is 0 Å². The number of aromatic amines is 1. The minimum Gasteiger partial charge on any atom is -0.495 e. The Kier molecular flexibility index (Phi) is 6.00. The van der Waals surface area contributed by atoms with E-state index in [9.17, 15) is 0 Å². The van der Waals surface area contributed by atoms with Gasteiger partial charge in [-0.25, -0.2) is 4.98 Å². The maximum absolute atomic E-state index is 5.96. The molecule has 0 aliphatic rings. The molecule has 7 N–H and O–H groups in total. The summed E-state index contributed by atoms with van der Waals surface area (Å²) in [5.74, 6) is 1.69. The fourth-order valence-corrected chi connectivity index (χ4v) is 3.66. The molecule has 0 saturated carbocycles. The first-order valence-corrected chi connectivity index (χ1v) is 10.3. The molecule has 3 aromatic heterocycles. The van der Waals surface area contributed by atoms with Gasteiger partial charge in [-0.05, 0) is 24.3 Å². The van der Waals surface area contributed by atoms with Gasteiger partial charge >= 0.3 is 0 Å². The molecule has 0 radical (unpaired) electrons. The number of imidazole rings is 1. The van der Waals surface area contributed by atoms with Crippen LogP contribution in [0.5, 0.6) is 11.5 Å². The summed E-state index contributed by atoms with van der Waals surface area (Å²) < 4.78 is 13.9. The van der Waals surface area contributed by atoms with Crippen LogP contribution in [0.2, 0.25) is 0 Å². The van der Waals surface area contributed by atoms with Crippen LogP contribution in [0.3, 0.4) is 0 Å². The summed E-state index contributed by atoms with van der Waals surface area (Å²) >= 11 is 0. The molecule has 2 aromatic carbocycles. The number of aromatic nitrogens is 6. The van der Waals surface area contributed by atoms with E-state index in [0.29, 0.717) is 23.1 Å². The minimum atomic E-state index is 0.375. The molecule has 0 fully saturated rings. The topological polar surface area (TPSA) is 161 Å². The van der Waals surface area contributed by atoms with Crippen molar-refractivity contribution in [2.75, 3.05) is 31.4 Å². The Labute approximate surface area is 196 Å². The number of rotatable bonds is 4. The van der Waals surface area contributed by atoms with Crippen LogP contribution in [-0.4, -0.2) is 43.7 Å². The highest BCUT2D eigenvalue weighted by atomic mass is 16.5. The van der Waals surface area contributed by atoms with Gasteiger partial charge in [0.25, 0.3) is 0 Å². The van der Waals surface area contributed by atoms with Crippen LogP contribution in [0.15, 0.2) is 49.1 Å². The molecular formula is C23H27N9O2. The van der Waals surface area contributed by atoms with Gasteiger partial charge < -0.3 is 31.7 Å². The predicted octanol–water partition coefficient (Wildman–Crippen LogP) is 2.81. The van der Waals surface area contributed by atoms with E-state index in [1.807, 2.05) is 44.7 Å². The van der Waals surface area contributed by atoms with Gasteiger partial charge in [0.15, 0.2) is 5.95 Å². The van der Waals surface area contributed by atoms with Gasteiger partial charge in [-0.3, -0.25) is 9.36 Å².